The third kappa shape index (κ3) is 7.28. The number of hydrogen-bond acceptors (Lipinski definition) is 6. The molecule has 8 nitrogen and oxygen atoms in total. The Morgan fingerprint density at radius 3 is 2.54 bits per heavy atom. The summed E-state index contributed by atoms with van der Waals surface area (Å²) in [5, 5.41) is 6.64. The van der Waals surface area contributed by atoms with Gasteiger partial charge in [-0.25, -0.2) is 12.8 Å². The molecule has 208 valence electrons. The first-order valence-electron chi connectivity index (χ1n) is 12.9. The summed E-state index contributed by atoms with van der Waals surface area (Å²) >= 11 is 1.53. The van der Waals surface area contributed by atoms with E-state index in [9.17, 15) is 27.2 Å². The van der Waals surface area contributed by atoms with E-state index in [1.54, 1.807) is 0 Å². The fourth-order valence-electron chi connectivity index (χ4n) is 4.61. The third-order valence-corrected chi connectivity index (χ3v) is 9.53. The predicted octanol–water partition coefficient (Wildman–Crippen LogP) is 3.65. The molecule has 2 N–H and O–H groups in total. The van der Waals surface area contributed by atoms with Crippen molar-refractivity contribution in [2.24, 2.45) is 5.92 Å². The van der Waals surface area contributed by atoms with Gasteiger partial charge in [0.05, 0.1) is 23.9 Å². The van der Waals surface area contributed by atoms with Crippen molar-refractivity contribution in [2.75, 3.05) is 13.1 Å². The first-order valence-corrected chi connectivity index (χ1v) is 15.1. The summed E-state index contributed by atoms with van der Waals surface area (Å²) in [5.41, 5.74) is 0. The van der Waals surface area contributed by atoms with Crippen LogP contribution in [0.4, 0.5) is 4.39 Å². The quantitative estimate of drug-likeness (QED) is 0.406. The number of nitrogens with one attached hydrogen (secondary N) is 2. The SMILES string of the molecule is CC(C)C[C@H](NC(=O)Cc1cc2ccccc2s1)C(=O)N[C@@H]1CCCN(S(=O)(=O)c2ccc(F)cc2)CC1=O. The number of thiophene rings is 1. The third-order valence-electron chi connectivity index (χ3n) is 6.56. The molecule has 4 rings (SSSR count). The van der Waals surface area contributed by atoms with Crippen molar-refractivity contribution in [1.29, 1.82) is 0 Å². The van der Waals surface area contributed by atoms with Crippen LogP contribution in [0.1, 0.15) is 38.0 Å². The van der Waals surface area contributed by atoms with Gasteiger partial charge in [0.2, 0.25) is 21.8 Å². The summed E-state index contributed by atoms with van der Waals surface area (Å²) in [6.07, 6.45) is 1.14. The summed E-state index contributed by atoms with van der Waals surface area (Å²) in [5.74, 6) is -1.65. The lowest BCUT2D eigenvalue weighted by molar-refractivity contribution is -0.131. The standard InChI is InChI=1S/C28H32FN3O5S2/c1-18(2)14-24(30-27(34)16-21-15-19-6-3-4-8-26(19)38-21)28(35)31-23-7-5-13-32(17-25(23)33)39(36,37)22-11-9-20(29)10-12-22/h3-4,6,8-12,15,18,23-24H,5,7,13-14,16-17H2,1-2H3,(H,30,34)(H,31,35)/t23-,24+/m1/s1. The fourth-order valence-corrected chi connectivity index (χ4v) is 7.12. The highest BCUT2D eigenvalue weighted by atomic mass is 32.2. The van der Waals surface area contributed by atoms with Crippen molar-refractivity contribution < 1.29 is 27.2 Å². The number of Topliss-reactive ketones (excluding diaryl/α,β-unsaturated/α-hetero) is 1. The monoisotopic (exact) mass is 573 g/mol. The van der Waals surface area contributed by atoms with Crippen LogP contribution in [0, 0.1) is 11.7 Å². The molecule has 11 heteroatoms. The van der Waals surface area contributed by atoms with Crippen LogP contribution in [0.3, 0.4) is 0 Å². The van der Waals surface area contributed by atoms with Gasteiger partial charge >= 0.3 is 0 Å². The molecule has 0 spiro atoms. The molecular weight excluding hydrogens is 541 g/mol. The van der Waals surface area contributed by atoms with Crippen molar-refractivity contribution in [1.82, 2.24) is 14.9 Å². The molecule has 1 fully saturated rings. The molecule has 1 aromatic heterocycles. The van der Waals surface area contributed by atoms with Crippen LogP contribution in [-0.4, -0.2) is 55.5 Å². The number of ketones is 1. The van der Waals surface area contributed by atoms with Gasteiger partial charge in [0, 0.05) is 16.1 Å². The number of benzene rings is 2. The molecule has 2 aromatic carbocycles. The molecule has 39 heavy (non-hydrogen) atoms. The Kier molecular flexibility index (Phi) is 9.14. The zero-order chi connectivity index (χ0) is 28.2. The number of sulfonamides is 1. The Morgan fingerprint density at radius 1 is 1.13 bits per heavy atom. The van der Waals surface area contributed by atoms with Gasteiger partial charge in [0.15, 0.2) is 5.78 Å². The van der Waals surface area contributed by atoms with Crippen LogP contribution in [0.2, 0.25) is 0 Å². The topological polar surface area (TPSA) is 113 Å². The smallest absolute Gasteiger partial charge is 0.243 e. The average molecular weight is 574 g/mol. The van der Waals surface area contributed by atoms with Crippen LogP contribution in [0.15, 0.2) is 59.5 Å². The molecule has 2 amide bonds. The molecule has 0 radical (unpaired) electrons. The first-order chi connectivity index (χ1) is 18.5. The van der Waals surface area contributed by atoms with Crippen molar-refractivity contribution >= 4 is 49.0 Å². The van der Waals surface area contributed by atoms with E-state index >= 15 is 0 Å². The highest BCUT2D eigenvalue weighted by Gasteiger charge is 2.34. The molecule has 0 unspecified atom stereocenters. The Labute approximate surface area is 231 Å². The Balaban J connectivity index is 1.40. The molecule has 1 saturated heterocycles. The summed E-state index contributed by atoms with van der Waals surface area (Å²) < 4.78 is 41.4. The number of fused-ring (bicyclic) bond motifs is 1. The molecule has 1 aliphatic rings. The maximum Gasteiger partial charge on any atom is 0.243 e. The van der Waals surface area contributed by atoms with E-state index in [0.717, 1.165) is 43.5 Å². The Morgan fingerprint density at radius 2 is 1.85 bits per heavy atom. The highest BCUT2D eigenvalue weighted by Crippen LogP contribution is 2.26. The van der Waals surface area contributed by atoms with Gasteiger partial charge in [-0.3, -0.25) is 14.4 Å². The minimum absolute atomic E-state index is 0.0964. The number of hydrogen-bond donors (Lipinski definition) is 2. The van der Waals surface area contributed by atoms with E-state index in [0.29, 0.717) is 12.8 Å². The summed E-state index contributed by atoms with van der Waals surface area (Å²) in [4.78, 5) is 39.9. The number of carbonyl (C=O) groups is 3. The van der Waals surface area contributed by atoms with Crippen molar-refractivity contribution in [3.05, 3.63) is 65.3 Å². The lowest BCUT2D eigenvalue weighted by Crippen LogP contribution is -2.53. The van der Waals surface area contributed by atoms with Gasteiger partial charge in [0.1, 0.15) is 11.9 Å². The highest BCUT2D eigenvalue weighted by molar-refractivity contribution is 7.89. The molecular formula is C28H32FN3O5S2. The lowest BCUT2D eigenvalue weighted by atomic mass is 10.0. The van der Waals surface area contributed by atoms with Gasteiger partial charge in [0.25, 0.3) is 0 Å². The van der Waals surface area contributed by atoms with E-state index in [-0.39, 0.29) is 36.1 Å². The number of amides is 2. The van der Waals surface area contributed by atoms with E-state index in [1.807, 2.05) is 44.2 Å². The second kappa shape index (κ2) is 12.4. The zero-order valence-electron chi connectivity index (χ0n) is 21.9. The zero-order valence-corrected chi connectivity index (χ0v) is 23.5. The number of carbonyl (C=O) groups excluding carboxylic acids is 3. The van der Waals surface area contributed by atoms with Crippen molar-refractivity contribution in [3.8, 4) is 0 Å². The number of rotatable bonds is 9. The van der Waals surface area contributed by atoms with Crippen LogP contribution in [0.25, 0.3) is 10.1 Å². The molecule has 0 aliphatic carbocycles. The van der Waals surface area contributed by atoms with Gasteiger partial charge in [-0.1, -0.05) is 32.0 Å². The van der Waals surface area contributed by atoms with Gasteiger partial charge in [-0.15, -0.1) is 11.3 Å². The van der Waals surface area contributed by atoms with E-state index < -0.39 is 46.2 Å². The largest absolute Gasteiger partial charge is 0.344 e. The predicted molar refractivity (Wildman–Crippen MR) is 148 cm³/mol. The summed E-state index contributed by atoms with van der Waals surface area (Å²) in [7, 11) is -4.00. The second-order valence-corrected chi connectivity index (χ2v) is 13.2. The number of nitrogens with zero attached hydrogens (tertiary/aromatic N) is 1. The minimum Gasteiger partial charge on any atom is -0.344 e. The van der Waals surface area contributed by atoms with E-state index in [4.69, 9.17) is 0 Å². The molecule has 2 atom stereocenters. The van der Waals surface area contributed by atoms with Gasteiger partial charge < -0.3 is 10.6 Å². The van der Waals surface area contributed by atoms with Crippen molar-refractivity contribution in [2.45, 2.75) is 56.5 Å². The summed E-state index contributed by atoms with van der Waals surface area (Å²) in [6, 6.07) is 12.6. The van der Waals surface area contributed by atoms with Gasteiger partial charge in [-0.2, -0.15) is 4.31 Å². The van der Waals surface area contributed by atoms with Crippen molar-refractivity contribution in [3.63, 3.8) is 0 Å². The Bertz CT molecular complexity index is 1420. The van der Waals surface area contributed by atoms with Crippen LogP contribution >= 0.6 is 11.3 Å². The molecule has 0 saturated carbocycles. The summed E-state index contributed by atoms with van der Waals surface area (Å²) in [6.45, 7) is 3.57. The number of halogens is 1. The maximum absolute atomic E-state index is 13.3. The second-order valence-electron chi connectivity index (χ2n) is 10.1. The van der Waals surface area contributed by atoms with E-state index in [1.165, 1.54) is 11.3 Å². The van der Waals surface area contributed by atoms with Crippen LogP contribution < -0.4 is 10.6 Å². The molecule has 3 aromatic rings. The minimum atomic E-state index is -4.00. The maximum atomic E-state index is 13.3. The van der Waals surface area contributed by atoms with E-state index in [2.05, 4.69) is 10.6 Å². The van der Waals surface area contributed by atoms with Gasteiger partial charge in [-0.05, 0) is 67.0 Å². The normalized spacial score (nSPS) is 17.6. The Hall–Kier alpha value is -3.15. The van der Waals surface area contributed by atoms with Crippen LogP contribution in [0.5, 0.6) is 0 Å². The molecule has 1 aliphatic heterocycles. The average Bonchev–Trinajstić information content (AvgIpc) is 3.19. The molecule has 2 heterocycles. The van der Waals surface area contributed by atoms with Crippen LogP contribution in [-0.2, 0) is 30.8 Å². The first kappa shape index (κ1) is 28.8. The fraction of sp³-hybridized carbons (Fsp3) is 0.393. The molecule has 0 bridgehead atoms. The lowest BCUT2D eigenvalue weighted by Gasteiger charge is -2.23.